The topological polar surface area (TPSA) is 147 Å². The predicted octanol–water partition coefficient (Wildman–Crippen LogP) is -2.97. The molecule has 0 aliphatic heterocycles. The summed E-state index contributed by atoms with van der Waals surface area (Å²) in [6, 6.07) is 0. The van der Waals surface area contributed by atoms with Crippen LogP contribution in [0.3, 0.4) is 0 Å². The minimum Gasteiger partial charge on any atom is -0.433 e. The lowest BCUT2D eigenvalue weighted by Gasteiger charge is -2.53. The Kier molecular flexibility index (Phi) is 12.6. The van der Waals surface area contributed by atoms with Gasteiger partial charge in [-0.2, -0.15) is 0 Å². The molecule has 0 aliphatic carbocycles. The first-order valence-electron chi connectivity index (χ1n) is 8.56. The molecule has 11 radical (unpaired) electrons. The summed E-state index contributed by atoms with van der Waals surface area (Å²) in [6.45, 7) is 6.88. The molecule has 0 saturated carbocycles. The molecule has 169 valence electrons. The molecule has 0 bridgehead atoms. The van der Waals surface area contributed by atoms with E-state index in [0.29, 0.717) is 0 Å². The molecular weight excluding hydrogens is 577 g/mol. The fraction of sp³-hybridized carbons (Fsp3) is 0.778. The van der Waals surface area contributed by atoms with Crippen molar-refractivity contribution in [3.05, 3.63) is 12.3 Å². The van der Waals surface area contributed by atoms with E-state index in [-0.39, 0.29) is 0 Å². The monoisotopic (exact) mass is 605 g/mol. The van der Waals surface area contributed by atoms with Crippen molar-refractivity contribution >= 4 is 94.4 Å². The summed E-state index contributed by atoms with van der Waals surface area (Å²) >= 11 is 0. The van der Waals surface area contributed by atoms with Crippen LogP contribution in [0.25, 0.3) is 0 Å². The fourth-order valence-corrected chi connectivity index (χ4v) is 100. The van der Waals surface area contributed by atoms with Gasteiger partial charge in [-0.3, -0.25) is 0 Å². The van der Waals surface area contributed by atoms with E-state index in [1.807, 2.05) is 13.1 Å². The molecule has 0 aliphatic rings. The van der Waals surface area contributed by atoms with Crippen LogP contribution in [0.1, 0.15) is 0 Å². The van der Waals surface area contributed by atoms with Gasteiger partial charge in [0, 0.05) is 7.11 Å². The van der Waals surface area contributed by atoms with E-state index in [1.54, 1.807) is 18.8 Å². The molecule has 0 aromatic rings. The molecule has 10 nitrogen and oxygen atoms in total. The van der Waals surface area contributed by atoms with Gasteiger partial charge in [0.25, 0.3) is 6.87 Å². The van der Waals surface area contributed by atoms with Crippen LogP contribution in [0.5, 0.6) is 0 Å². The first kappa shape index (κ1) is 31.7. The minimum atomic E-state index is -4.12. The molecule has 5 N–H and O–H groups in total. The molecule has 0 fully saturated rings. The van der Waals surface area contributed by atoms with Crippen LogP contribution in [0.4, 0.5) is 0 Å². The van der Waals surface area contributed by atoms with Crippen molar-refractivity contribution in [2.45, 2.75) is 39.3 Å². The maximum absolute atomic E-state index is 10.8. The summed E-state index contributed by atoms with van der Waals surface area (Å²) in [5.74, 6) is 0. The lowest BCUT2D eigenvalue weighted by molar-refractivity contribution is 0.300. The third-order valence-corrected chi connectivity index (χ3v) is 69.9. The summed E-state index contributed by atoms with van der Waals surface area (Å²) in [4.78, 5) is 51.6. The third kappa shape index (κ3) is 7.62. The van der Waals surface area contributed by atoms with Gasteiger partial charge < -0.3 is 44.9 Å². The van der Waals surface area contributed by atoms with E-state index in [1.165, 1.54) is 20.2 Å². The zero-order valence-corrected chi connectivity index (χ0v) is 29.1. The second kappa shape index (κ2) is 11.9. The van der Waals surface area contributed by atoms with Crippen molar-refractivity contribution in [3.63, 3.8) is 0 Å². The Labute approximate surface area is 197 Å². The molecule has 0 aromatic carbocycles. The number of rotatable bonds is 15. The Morgan fingerprint density at radius 1 is 0.867 bits per heavy atom. The van der Waals surface area contributed by atoms with Gasteiger partial charge >= 0.3 is 34.7 Å². The first-order valence-corrected chi connectivity index (χ1v) is 33.0. The average Bonchev–Trinajstić information content (AvgIpc) is 2.62. The van der Waals surface area contributed by atoms with Crippen molar-refractivity contribution in [1.29, 1.82) is 0 Å². The Bertz CT molecular complexity index is 552. The highest BCUT2D eigenvalue weighted by Gasteiger charge is 2.76. The second-order valence-corrected chi connectivity index (χ2v) is 54.6. The Morgan fingerprint density at radius 3 is 1.67 bits per heavy atom. The van der Waals surface area contributed by atoms with Crippen molar-refractivity contribution in [1.82, 2.24) is 0 Å². The number of hydrogen-bond acceptors (Lipinski definition) is 10. The minimum absolute atomic E-state index is 0.829. The average molecular weight is 606 g/mol. The first-order chi connectivity index (χ1) is 13.5. The Morgan fingerprint density at radius 2 is 1.37 bits per heavy atom. The van der Waals surface area contributed by atoms with E-state index in [9.17, 15) is 24.0 Å². The van der Waals surface area contributed by atoms with Gasteiger partial charge in [0.05, 0.1) is 9.76 Å². The largest absolute Gasteiger partial charge is 0.433 e. The maximum Gasteiger partial charge on any atom is 0.418 e. The zero-order valence-electron chi connectivity index (χ0n) is 18.1. The molecule has 2 atom stereocenters. The van der Waals surface area contributed by atoms with Crippen LogP contribution in [-0.4, -0.2) is 125 Å². The Balaban J connectivity index is 7.04. The van der Waals surface area contributed by atoms with Crippen LogP contribution in [0.2, 0.25) is 39.3 Å². The normalized spacial score (nSPS) is 18.0. The molecule has 0 amide bonds. The molecule has 0 heterocycles. The van der Waals surface area contributed by atoms with Crippen molar-refractivity contribution < 1.29 is 44.9 Å². The lowest BCUT2D eigenvalue weighted by atomic mass is 11.3. The zero-order chi connectivity index (χ0) is 24.1. The summed E-state index contributed by atoms with van der Waals surface area (Å²) in [7, 11) is -11.8. The molecule has 30 heavy (non-hydrogen) atoms. The third-order valence-electron chi connectivity index (χ3n) is 3.69. The standard InChI is InChI=1S/C9H29O10Si11/c1-9-25(3,4)17-27(7,8)19-28(18-26(5,6)14,29(20,15-2)22-11)30(23-12,24-13)16-21-10/h9-14H,1H2,2-8H3. The van der Waals surface area contributed by atoms with E-state index in [2.05, 4.69) is 16.3 Å². The lowest BCUT2D eigenvalue weighted by Crippen LogP contribution is -2.92. The van der Waals surface area contributed by atoms with Gasteiger partial charge in [0.15, 0.2) is 8.32 Å². The second-order valence-electron chi connectivity index (χ2n) is 7.67. The fourth-order valence-electron chi connectivity index (χ4n) is 2.56. The van der Waals surface area contributed by atoms with Crippen LogP contribution in [0, 0.1) is 0 Å². The quantitative estimate of drug-likeness (QED) is 0.123. The van der Waals surface area contributed by atoms with Crippen LogP contribution in [0.15, 0.2) is 12.3 Å². The summed E-state index contributed by atoms with van der Waals surface area (Å²) in [6.07, 6.45) is 0. The molecule has 21 heteroatoms. The molecule has 0 saturated heterocycles. The summed E-state index contributed by atoms with van der Waals surface area (Å²) in [5.41, 5.74) is 1.75. The highest BCUT2D eigenvalue weighted by molar-refractivity contribution is 7.95. The molecule has 0 spiro atoms. The van der Waals surface area contributed by atoms with E-state index in [0.717, 1.165) is 0 Å². The predicted molar refractivity (Wildman–Crippen MR) is 131 cm³/mol. The summed E-state index contributed by atoms with van der Waals surface area (Å²) in [5, 5.41) is 0. The van der Waals surface area contributed by atoms with E-state index in [4.69, 9.17) is 20.9 Å². The smallest absolute Gasteiger partial charge is 0.418 e. The Hall–Kier alpha value is 1.73. The van der Waals surface area contributed by atoms with Gasteiger partial charge in [0.1, 0.15) is 0 Å². The van der Waals surface area contributed by atoms with Gasteiger partial charge in [0.2, 0.25) is 34.7 Å². The van der Waals surface area contributed by atoms with Crippen molar-refractivity contribution in [2.75, 3.05) is 7.11 Å². The maximum atomic E-state index is 10.8. The molecule has 0 rings (SSSR count). The SMILES string of the molecule is C=C[Si](C)(C)O[Si](C)(C)O[Si](O[Si](C)(C)O)([Si]([Si])(OC)[Si]O)[Si](O[Si]O)([Si]O)[Si]O. The van der Waals surface area contributed by atoms with Crippen LogP contribution >= 0.6 is 0 Å². The van der Waals surface area contributed by atoms with E-state index < -0.39 is 84.6 Å². The van der Waals surface area contributed by atoms with Crippen LogP contribution in [-0.2, 0) is 20.9 Å². The number of hydrogen-bond donors (Lipinski definition) is 5. The van der Waals surface area contributed by atoms with Gasteiger partial charge in [-0.05, 0) is 39.3 Å². The van der Waals surface area contributed by atoms with Crippen molar-refractivity contribution in [2.24, 2.45) is 0 Å². The highest BCUT2D eigenvalue weighted by atomic mass is 30.2. The van der Waals surface area contributed by atoms with Gasteiger partial charge in [-0.1, -0.05) is 5.70 Å². The van der Waals surface area contributed by atoms with E-state index >= 15 is 0 Å². The summed E-state index contributed by atoms with van der Waals surface area (Å²) < 4.78 is 30.6. The molecule has 2 unspecified atom stereocenters. The van der Waals surface area contributed by atoms with Crippen molar-refractivity contribution in [3.8, 4) is 0 Å². The van der Waals surface area contributed by atoms with Gasteiger partial charge in [-0.25, -0.2) is 0 Å². The highest BCUT2D eigenvalue weighted by Crippen LogP contribution is 2.35. The molecular formula is C9H29O10Si11. The molecule has 0 aromatic heterocycles. The van der Waals surface area contributed by atoms with Gasteiger partial charge in [-0.15, -0.1) is 6.58 Å². The van der Waals surface area contributed by atoms with Crippen LogP contribution < -0.4 is 0 Å².